The van der Waals surface area contributed by atoms with E-state index in [0.29, 0.717) is 5.69 Å². The van der Waals surface area contributed by atoms with E-state index in [-0.39, 0.29) is 22.8 Å². The van der Waals surface area contributed by atoms with Crippen molar-refractivity contribution in [3.05, 3.63) is 53.6 Å². The zero-order valence-electron chi connectivity index (χ0n) is 13.4. The molecule has 1 amide bonds. The van der Waals surface area contributed by atoms with Crippen LogP contribution >= 0.6 is 0 Å². The molecule has 2 rings (SSSR count). The molecule has 3 N–H and O–H groups in total. The van der Waals surface area contributed by atoms with Gasteiger partial charge in [0.25, 0.3) is 5.91 Å². The van der Waals surface area contributed by atoms with Gasteiger partial charge in [0, 0.05) is 16.9 Å². The smallest absolute Gasteiger partial charge is 0.259 e. The minimum atomic E-state index is -0.328. The number of nitrogens with one attached hydrogen (secondary N) is 2. The monoisotopic (exact) mass is 298 g/mol. The van der Waals surface area contributed by atoms with Gasteiger partial charge in [0.15, 0.2) is 0 Å². The van der Waals surface area contributed by atoms with Crippen LogP contribution in [0.4, 0.5) is 11.4 Å². The van der Waals surface area contributed by atoms with E-state index in [2.05, 4.69) is 31.4 Å². The lowest BCUT2D eigenvalue weighted by atomic mass is 10.1. The summed E-state index contributed by atoms with van der Waals surface area (Å²) in [5.74, 6) is -0.341. The average molecular weight is 298 g/mol. The summed E-state index contributed by atoms with van der Waals surface area (Å²) in [4.78, 5) is 12.3. The maximum Gasteiger partial charge on any atom is 0.259 e. The summed E-state index contributed by atoms with van der Waals surface area (Å²) in [5.41, 5.74) is 2.72. The Morgan fingerprint density at radius 3 is 2.36 bits per heavy atom. The lowest BCUT2D eigenvalue weighted by molar-refractivity contribution is 0.102. The number of amides is 1. The molecule has 4 nitrogen and oxygen atoms in total. The highest BCUT2D eigenvalue weighted by molar-refractivity contribution is 6.06. The molecular formula is C18H22N2O2. The molecule has 0 aliphatic carbocycles. The molecule has 0 aliphatic rings. The van der Waals surface area contributed by atoms with Crippen LogP contribution in [0.15, 0.2) is 42.5 Å². The molecule has 0 atom stereocenters. The second kappa shape index (κ2) is 6.10. The van der Waals surface area contributed by atoms with Crippen LogP contribution in [0.2, 0.25) is 0 Å². The van der Waals surface area contributed by atoms with Crippen LogP contribution in [0.3, 0.4) is 0 Å². The largest absolute Gasteiger partial charge is 0.507 e. The van der Waals surface area contributed by atoms with Crippen molar-refractivity contribution in [2.75, 3.05) is 10.6 Å². The van der Waals surface area contributed by atoms with Crippen LogP contribution in [0, 0.1) is 6.92 Å². The summed E-state index contributed by atoms with van der Waals surface area (Å²) in [6.45, 7) is 8.08. The van der Waals surface area contributed by atoms with Gasteiger partial charge in [0.1, 0.15) is 5.75 Å². The third-order valence-electron chi connectivity index (χ3n) is 3.04. The van der Waals surface area contributed by atoms with E-state index in [9.17, 15) is 9.90 Å². The van der Waals surface area contributed by atoms with Gasteiger partial charge < -0.3 is 15.7 Å². The predicted octanol–water partition coefficient (Wildman–Crippen LogP) is 4.16. The van der Waals surface area contributed by atoms with Crippen LogP contribution < -0.4 is 10.6 Å². The van der Waals surface area contributed by atoms with E-state index in [1.165, 1.54) is 0 Å². The molecule has 0 aromatic heterocycles. The van der Waals surface area contributed by atoms with Crippen LogP contribution in [-0.4, -0.2) is 16.6 Å². The van der Waals surface area contributed by atoms with Gasteiger partial charge in [-0.3, -0.25) is 4.79 Å². The number of rotatable bonds is 3. The molecule has 0 fully saturated rings. The molecular weight excluding hydrogens is 276 g/mol. The van der Waals surface area contributed by atoms with Crippen LogP contribution in [0.25, 0.3) is 0 Å². The number of aryl methyl sites for hydroxylation is 1. The van der Waals surface area contributed by atoms with Gasteiger partial charge in [-0.25, -0.2) is 0 Å². The second-order valence-corrected chi connectivity index (χ2v) is 6.43. The summed E-state index contributed by atoms with van der Waals surface area (Å²) in [6, 6.07) is 12.5. The van der Waals surface area contributed by atoms with Gasteiger partial charge in [0.2, 0.25) is 0 Å². The first-order chi connectivity index (χ1) is 10.2. The summed E-state index contributed by atoms with van der Waals surface area (Å²) in [5, 5.41) is 16.0. The van der Waals surface area contributed by atoms with E-state index in [1.807, 2.05) is 31.2 Å². The highest BCUT2D eigenvalue weighted by atomic mass is 16.3. The van der Waals surface area contributed by atoms with Crippen molar-refractivity contribution in [3.8, 4) is 5.75 Å². The van der Waals surface area contributed by atoms with Crippen molar-refractivity contribution in [1.82, 2.24) is 0 Å². The number of phenols is 1. The fourth-order valence-electron chi connectivity index (χ4n) is 2.14. The SMILES string of the molecule is Cc1ccc(C(=O)Nc2cccc(NC(C)(C)C)c2)c(O)c1. The molecule has 22 heavy (non-hydrogen) atoms. The molecule has 4 heteroatoms. The van der Waals surface area contributed by atoms with Crippen molar-refractivity contribution < 1.29 is 9.90 Å². The fourth-order valence-corrected chi connectivity index (χ4v) is 2.14. The Balaban J connectivity index is 2.16. The van der Waals surface area contributed by atoms with Crippen molar-refractivity contribution in [1.29, 1.82) is 0 Å². The molecule has 0 unspecified atom stereocenters. The number of aromatic hydroxyl groups is 1. The van der Waals surface area contributed by atoms with Gasteiger partial charge in [0.05, 0.1) is 5.56 Å². The molecule has 116 valence electrons. The zero-order chi connectivity index (χ0) is 16.3. The second-order valence-electron chi connectivity index (χ2n) is 6.43. The summed E-state index contributed by atoms with van der Waals surface area (Å²) >= 11 is 0. The number of carbonyl (C=O) groups excluding carboxylic acids is 1. The fraction of sp³-hybridized carbons (Fsp3) is 0.278. The lowest BCUT2D eigenvalue weighted by Crippen LogP contribution is -2.26. The Morgan fingerprint density at radius 1 is 1.05 bits per heavy atom. The van der Waals surface area contributed by atoms with E-state index in [4.69, 9.17) is 0 Å². The Bertz CT molecular complexity index is 688. The van der Waals surface area contributed by atoms with Crippen molar-refractivity contribution in [3.63, 3.8) is 0 Å². The molecule has 0 heterocycles. The number of benzene rings is 2. The van der Waals surface area contributed by atoms with Crippen molar-refractivity contribution in [2.24, 2.45) is 0 Å². The molecule has 2 aromatic carbocycles. The van der Waals surface area contributed by atoms with Crippen LogP contribution in [-0.2, 0) is 0 Å². The van der Waals surface area contributed by atoms with Gasteiger partial charge in [-0.15, -0.1) is 0 Å². The maximum atomic E-state index is 12.3. The maximum absolute atomic E-state index is 12.3. The zero-order valence-corrected chi connectivity index (χ0v) is 13.4. The quantitative estimate of drug-likeness (QED) is 0.797. The van der Waals surface area contributed by atoms with Crippen LogP contribution in [0.1, 0.15) is 36.7 Å². The Labute approximate surface area is 131 Å². The molecule has 0 spiro atoms. The van der Waals surface area contributed by atoms with Crippen LogP contribution in [0.5, 0.6) is 5.75 Å². The average Bonchev–Trinajstić information content (AvgIpc) is 2.36. The topological polar surface area (TPSA) is 61.4 Å². The van der Waals surface area contributed by atoms with Gasteiger partial charge in [-0.1, -0.05) is 12.1 Å². The molecule has 0 saturated carbocycles. The lowest BCUT2D eigenvalue weighted by Gasteiger charge is -2.22. The minimum absolute atomic E-state index is 0.0125. The van der Waals surface area contributed by atoms with E-state index >= 15 is 0 Å². The first-order valence-electron chi connectivity index (χ1n) is 7.24. The Morgan fingerprint density at radius 2 is 1.73 bits per heavy atom. The normalized spacial score (nSPS) is 11.1. The van der Waals surface area contributed by atoms with Gasteiger partial charge in [-0.2, -0.15) is 0 Å². The van der Waals surface area contributed by atoms with Gasteiger partial charge in [-0.05, 0) is 63.6 Å². The predicted molar refractivity (Wildman–Crippen MR) is 90.6 cm³/mol. The number of hydrogen-bond acceptors (Lipinski definition) is 3. The first-order valence-corrected chi connectivity index (χ1v) is 7.24. The van der Waals surface area contributed by atoms with E-state index in [1.54, 1.807) is 18.2 Å². The van der Waals surface area contributed by atoms with E-state index in [0.717, 1.165) is 11.3 Å². The minimum Gasteiger partial charge on any atom is -0.507 e. The highest BCUT2D eigenvalue weighted by Gasteiger charge is 2.13. The number of anilines is 2. The van der Waals surface area contributed by atoms with Crippen molar-refractivity contribution in [2.45, 2.75) is 33.2 Å². The molecule has 0 saturated heterocycles. The molecule has 0 radical (unpaired) electrons. The summed E-state index contributed by atoms with van der Waals surface area (Å²) in [7, 11) is 0. The highest BCUT2D eigenvalue weighted by Crippen LogP contribution is 2.22. The summed E-state index contributed by atoms with van der Waals surface area (Å²) in [6.07, 6.45) is 0. The molecule has 0 bridgehead atoms. The number of carbonyl (C=O) groups is 1. The molecule has 2 aromatic rings. The van der Waals surface area contributed by atoms with E-state index < -0.39 is 0 Å². The number of hydrogen-bond donors (Lipinski definition) is 3. The van der Waals surface area contributed by atoms with Crippen molar-refractivity contribution >= 4 is 17.3 Å². The molecule has 0 aliphatic heterocycles. The Kier molecular flexibility index (Phi) is 4.40. The first kappa shape index (κ1) is 15.9. The summed E-state index contributed by atoms with van der Waals surface area (Å²) < 4.78 is 0. The third kappa shape index (κ3) is 4.25. The Hall–Kier alpha value is -2.49. The van der Waals surface area contributed by atoms with Gasteiger partial charge >= 0.3 is 0 Å². The standard InChI is InChI=1S/C18H22N2O2/c1-12-8-9-15(16(21)10-12)17(22)19-13-6-5-7-14(11-13)20-18(2,3)4/h5-11,20-21H,1-4H3,(H,19,22). The number of phenolic OH excluding ortho intramolecular Hbond substituents is 1. The third-order valence-corrected chi connectivity index (χ3v) is 3.04.